The zero-order chi connectivity index (χ0) is 15.6. The van der Waals surface area contributed by atoms with Gasteiger partial charge in [-0.3, -0.25) is 4.57 Å². The van der Waals surface area contributed by atoms with Gasteiger partial charge in [-0.1, -0.05) is 25.4 Å². The highest BCUT2D eigenvalue weighted by molar-refractivity contribution is 6.30. The van der Waals surface area contributed by atoms with Gasteiger partial charge in [0.1, 0.15) is 12.1 Å². The molecule has 2 heterocycles. The first-order valence-corrected chi connectivity index (χ1v) is 7.79. The monoisotopic (exact) mass is 318 g/mol. The molecule has 1 aliphatic heterocycles. The van der Waals surface area contributed by atoms with Crippen LogP contribution in [0.4, 0.5) is 0 Å². The molecule has 1 aromatic carbocycles. The fraction of sp³-hybridized carbons (Fsp3) is 0.353. The van der Waals surface area contributed by atoms with E-state index in [0.717, 1.165) is 24.4 Å². The molecule has 116 valence electrons. The molecule has 5 heteroatoms. The molecule has 1 aromatic heterocycles. The summed E-state index contributed by atoms with van der Waals surface area (Å²) in [5.41, 5.74) is -0.0218. The van der Waals surface area contributed by atoms with E-state index in [0.29, 0.717) is 17.5 Å². The van der Waals surface area contributed by atoms with Crippen molar-refractivity contribution in [1.82, 2.24) is 9.55 Å². The molecule has 0 bridgehead atoms. The topological polar surface area (TPSA) is 36.3 Å². The SMILES string of the molecule is CCC1(C)CCOC1=C(Oc1ccc(Cl)cc1)n1ccnc1. The Bertz CT molecular complexity index is 664. The van der Waals surface area contributed by atoms with Crippen molar-refractivity contribution < 1.29 is 9.47 Å². The van der Waals surface area contributed by atoms with Crippen LogP contribution in [0.2, 0.25) is 5.02 Å². The second-order valence-corrected chi connectivity index (χ2v) is 6.11. The van der Waals surface area contributed by atoms with Crippen molar-refractivity contribution in [3.8, 4) is 5.75 Å². The zero-order valence-electron chi connectivity index (χ0n) is 12.8. The normalized spacial score (nSPS) is 23.2. The third kappa shape index (κ3) is 2.83. The summed E-state index contributed by atoms with van der Waals surface area (Å²) >= 11 is 5.94. The fourth-order valence-electron chi connectivity index (χ4n) is 2.53. The Morgan fingerprint density at radius 1 is 1.41 bits per heavy atom. The van der Waals surface area contributed by atoms with Crippen LogP contribution in [0.3, 0.4) is 0 Å². The molecule has 0 aliphatic carbocycles. The first kappa shape index (κ1) is 15.0. The van der Waals surface area contributed by atoms with E-state index in [4.69, 9.17) is 21.1 Å². The molecular formula is C17H19ClN2O2. The summed E-state index contributed by atoms with van der Waals surface area (Å²) < 4.78 is 13.9. The summed E-state index contributed by atoms with van der Waals surface area (Å²) in [7, 11) is 0. The van der Waals surface area contributed by atoms with E-state index in [9.17, 15) is 0 Å². The molecule has 0 radical (unpaired) electrons. The Labute approximate surface area is 135 Å². The molecule has 22 heavy (non-hydrogen) atoms. The van der Waals surface area contributed by atoms with Crippen molar-refractivity contribution in [1.29, 1.82) is 0 Å². The van der Waals surface area contributed by atoms with Gasteiger partial charge in [-0.15, -0.1) is 0 Å². The van der Waals surface area contributed by atoms with Crippen LogP contribution in [0.25, 0.3) is 5.88 Å². The number of allylic oxidation sites excluding steroid dienone is 1. The summed E-state index contributed by atoms with van der Waals surface area (Å²) in [4.78, 5) is 4.12. The van der Waals surface area contributed by atoms with Gasteiger partial charge in [-0.2, -0.15) is 0 Å². The van der Waals surface area contributed by atoms with Crippen LogP contribution >= 0.6 is 11.6 Å². The Kier molecular flexibility index (Phi) is 4.12. The number of halogens is 1. The number of hydrogen-bond acceptors (Lipinski definition) is 3. The van der Waals surface area contributed by atoms with Gasteiger partial charge >= 0.3 is 0 Å². The lowest BCUT2D eigenvalue weighted by molar-refractivity contribution is 0.231. The molecule has 1 unspecified atom stereocenters. The van der Waals surface area contributed by atoms with E-state index in [-0.39, 0.29) is 5.41 Å². The predicted octanol–water partition coefficient (Wildman–Crippen LogP) is 4.58. The Hall–Kier alpha value is -1.94. The van der Waals surface area contributed by atoms with Gasteiger partial charge in [-0.05, 0) is 37.1 Å². The number of ether oxygens (including phenoxy) is 2. The highest BCUT2D eigenvalue weighted by atomic mass is 35.5. The van der Waals surface area contributed by atoms with E-state index in [1.54, 1.807) is 12.5 Å². The number of aromatic nitrogens is 2. The second-order valence-electron chi connectivity index (χ2n) is 5.67. The maximum Gasteiger partial charge on any atom is 0.244 e. The molecule has 1 saturated heterocycles. The standard InChI is InChI=1S/C17H19ClN2O2/c1-3-17(2)8-11-21-15(17)16(20-10-9-19-12-20)22-14-6-4-13(18)5-7-14/h4-7,9-10,12H,3,8,11H2,1-2H3. The maximum atomic E-state index is 6.11. The first-order valence-electron chi connectivity index (χ1n) is 7.42. The van der Waals surface area contributed by atoms with Crippen LogP contribution in [-0.4, -0.2) is 16.2 Å². The Morgan fingerprint density at radius 3 is 2.82 bits per heavy atom. The minimum absolute atomic E-state index is 0.0218. The lowest BCUT2D eigenvalue weighted by Gasteiger charge is -2.24. The van der Waals surface area contributed by atoms with Crippen LogP contribution in [0.5, 0.6) is 5.75 Å². The van der Waals surface area contributed by atoms with Gasteiger partial charge in [0.25, 0.3) is 0 Å². The molecule has 3 rings (SSSR count). The molecule has 0 saturated carbocycles. The number of hydrogen-bond donors (Lipinski definition) is 0. The van der Waals surface area contributed by atoms with E-state index < -0.39 is 0 Å². The predicted molar refractivity (Wildman–Crippen MR) is 86.5 cm³/mol. The average molecular weight is 319 g/mol. The average Bonchev–Trinajstić information content (AvgIpc) is 3.17. The van der Waals surface area contributed by atoms with Gasteiger partial charge in [0.2, 0.25) is 5.88 Å². The number of benzene rings is 1. The molecular weight excluding hydrogens is 300 g/mol. The lowest BCUT2D eigenvalue weighted by Crippen LogP contribution is -2.18. The smallest absolute Gasteiger partial charge is 0.244 e. The Balaban J connectivity index is 2.03. The second kappa shape index (κ2) is 6.05. The van der Waals surface area contributed by atoms with Gasteiger partial charge < -0.3 is 9.47 Å². The molecule has 1 atom stereocenters. The van der Waals surface area contributed by atoms with Gasteiger partial charge in [-0.25, -0.2) is 4.98 Å². The minimum Gasteiger partial charge on any atom is -0.492 e. The van der Waals surface area contributed by atoms with E-state index in [2.05, 4.69) is 18.8 Å². The molecule has 0 spiro atoms. The van der Waals surface area contributed by atoms with Crippen molar-refractivity contribution in [2.75, 3.05) is 6.61 Å². The molecule has 4 nitrogen and oxygen atoms in total. The fourth-order valence-corrected chi connectivity index (χ4v) is 2.66. The van der Waals surface area contributed by atoms with Crippen molar-refractivity contribution in [2.45, 2.75) is 26.7 Å². The molecule has 0 N–H and O–H groups in total. The van der Waals surface area contributed by atoms with Crippen molar-refractivity contribution in [2.24, 2.45) is 5.41 Å². The Morgan fingerprint density at radius 2 is 2.18 bits per heavy atom. The van der Waals surface area contributed by atoms with Crippen LogP contribution < -0.4 is 4.74 Å². The molecule has 1 aliphatic rings. The van der Waals surface area contributed by atoms with Crippen LogP contribution in [0.1, 0.15) is 26.7 Å². The van der Waals surface area contributed by atoms with E-state index in [1.807, 2.05) is 35.0 Å². The summed E-state index contributed by atoms with van der Waals surface area (Å²) in [6.07, 6.45) is 7.28. The third-order valence-electron chi connectivity index (χ3n) is 4.19. The highest BCUT2D eigenvalue weighted by Crippen LogP contribution is 2.43. The number of nitrogens with zero attached hydrogens (tertiary/aromatic N) is 2. The number of rotatable bonds is 4. The summed E-state index contributed by atoms with van der Waals surface area (Å²) in [5.74, 6) is 2.26. The lowest BCUT2D eigenvalue weighted by atomic mass is 9.84. The van der Waals surface area contributed by atoms with E-state index >= 15 is 0 Å². The van der Waals surface area contributed by atoms with Gasteiger partial charge in [0, 0.05) is 22.8 Å². The highest BCUT2D eigenvalue weighted by Gasteiger charge is 2.38. The quantitative estimate of drug-likeness (QED) is 0.774. The maximum absolute atomic E-state index is 6.11. The third-order valence-corrected chi connectivity index (χ3v) is 4.44. The largest absolute Gasteiger partial charge is 0.492 e. The molecule has 1 fully saturated rings. The summed E-state index contributed by atoms with van der Waals surface area (Å²) in [5, 5.41) is 0.680. The first-order chi connectivity index (χ1) is 10.6. The van der Waals surface area contributed by atoms with Crippen molar-refractivity contribution in [3.63, 3.8) is 0 Å². The van der Waals surface area contributed by atoms with Crippen molar-refractivity contribution in [3.05, 3.63) is 53.8 Å². The zero-order valence-corrected chi connectivity index (χ0v) is 13.5. The van der Waals surface area contributed by atoms with Gasteiger partial charge in [0.15, 0.2) is 5.76 Å². The van der Waals surface area contributed by atoms with E-state index in [1.165, 1.54) is 0 Å². The summed E-state index contributed by atoms with van der Waals surface area (Å²) in [6, 6.07) is 7.30. The van der Waals surface area contributed by atoms with Crippen LogP contribution in [0.15, 0.2) is 48.7 Å². The minimum atomic E-state index is -0.0218. The van der Waals surface area contributed by atoms with Crippen LogP contribution in [0, 0.1) is 5.41 Å². The summed E-state index contributed by atoms with van der Waals surface area (Å²) in [6.45, 7) is 5.09. The van der Waals surface area contributed by atoms with Crippen molar-refractivity contribution >= 4 is 17.5 Å². The van der Waals surface area contributed by atoms with Gasteiger partial charge in [0.05, 0.1) is 6.61 Å². The molecule has 0 amide bonds. The van der Waals surface area contributed by atoms with Crippen LogP contribution in [-0.2, 0) is 4.74 Å². The number of imidazole rings is 1. The molecule has 2 aromatic rings.